The molecule has 0 saturated carbocycles. The molecule has 0 saturated heterocycles. The molecule has 80 valence electrons. The van der Waals surface area contributed by atoms with E-state index in [1.807, 2.05) is 24.0 Å². The molecule has 0 radical (unpaired) electrons. The lowest BCUT2D eigenvalue weighted by Crippen LogP contribution is -2.15. The topological polar surface area (TPSA) is 29.9 Å². The van der Waals surface area contributed by atoms with E-state index >= 15 is 0 Å². The van der Waals surface area contributed by atoms with Crippen molar-refractivity contribution in [2.45, 2.75) is 20.0 Å². The number of rotatable bonds is 4. The molecule has 0 amide bonds. The Bertz CT molecular complexity index is 390. The van der Waals surface area contributed by atoms with E-state index in [0.29, 0.717) is 0 Å². The van der Waals surface area contributed by atoms with Crippen molar-refractivity contribution < 1.29 is 0 Å². The zero-order valence-electron chi connectivity index (χ0n) is 9.03. The normalized spacial score (nSPS) is 10.8. The van der Waals surface area contributed by atoms with Crippen molar-refractivity contribution in [1.82, 2.24) is 14.9 Å². The fraction of sp³-hybridized carbons (Fsp3) is 0.364. The molecule has 0 aliphatic heterocycles. The van der Waals surface area contributed by atoms with E-state index < -0.39 is 0 Å². The summed E-state index contributed by atoms with van der Waals surface area (Å²) in [6.45, 7) is 3.89. The van der Waals surface area contributed by atoms with E-state index in [0.717, 1.165) is 18.9 Å². The molecule has 2 rings (SSSR count). The molecule has 4 heteroatoms. The molecule has 0 unspecified atom stereocenters. The Balaban J connectivity index is 1.86. The summed E-state index contributed by atoms with van der Waals surface area (Å²) in [7, 11) is 2.01. The van der Waals surface area contributed by atoms with Gasteiger partial charge in [-0.15, -0.1) is 11.3 Å². The molecule has 0 atom stereocenters. The van der Waals surface area contributed by atoms with Crippen LogP contribution in [-0.4, -0.2) is 9.55 Å². The van der Waals surface area contributed by atoms with E-state index in [1.54, 1.807) is 11.3 Å². The number of hydrogen-bond acceptors (Lipinski definition) is 3. The zero-order chi connectivity index (χ0) is 10.7. The lowest BCUT2D eigenvalue weighted by Gasteiger charge is -2.04. The van der Waals surface area contributed by atoms with Crippen LogP contribution in [0.4, 0.5) is 0 Å². The molecule has 0 spiro atoms. The standard InChI is InChI=1S/C11H15N3S/c1-9-3-6-15-10(9)7-12-8-11-13-4-5-14(11)2/h3-6,12H,7-8H2,1-2H3. The second-order valence-corrected chi connectivity index (χ2v) is 4.59. The minimum atomic E-state index is 0.820. The van der Waals surface area contributed by atoms with Crippen molar-refractivity contribution in [3.8, 4) is 0 Å². The maximum absolute atomic E-state index is 4.26. The summed E-state index contributed by atoms with van der Waals surface area (Å²) in [6, 6.07) is 2.16. The first-order chi connectivity index (χ1) is 7.27. The highest BCUT2D eigenvalue weighted by molar-refractivity contribution is 7.10. The summed E-state index contributed by atoms with van der Waals surface area (Å²) in [4.78, 5) is 5.67. The van der Waals surface area contributed by atoms with Crippen LogP contribution < -0.4 is 5.32 Å². The van der Waals surface area contributed by atoms with Gasteiger partial charge in [0.1, 0.15) is 5.82 Å². The molecule has 2 aromatic rings. The molecule has 15 heavy (non-hydrogen) atoms. The SMILES string of the molecule is Cc1ccsc1CNCc1nccn1C. The largest absolute Gasteiger partial charge is 0.337 e. The third-order valence-corrected chi connectivity index (χ3v) is 3.48. The number of hydrogen-bond donors (Lipinski definition) is 1. The van der Waals surface area contributed by atoms with Crippen molar-refractivity contribution >= 4 is 11.3 Å². The number of aromatic nitrogens is 2. The summed E-state index contributed by atoms with van der Waals surface area (Å²) in [6.07, 6.45) is 3.79. The lowest BCUT2D eigenvalue weighted by atomic mass is 10.3. The van der Waals surface area contributed by atoms with Crippen LogP contribution in [0.1, 0.15) is 16.3 Å². The van der Waals surface area contributed by atoms with E-state index in [9.17, 15) is 0 Å². The first-order valence-corrected chi connectivity index (χ1v) is 5.85. The van der Waals surface area contributed by atoms with Crippen LogP contribution in [-0.2, 0) is 20.1 Å². The molecule has 1 N–H and O–H groups in total. The summed E-state index contributed by atoms with van der Waals surface area (Å²) in [5, 5.41) is 5.53. The Morgan fingerprint density at radius 1 is 1.47 bits per heavy atom. The summed E-state index contributed by atoms with van der Waals surface area (Å²) in [5.41, 5.74) is 1.37. The zero-order valence-corrected chi connectivity index (χ0v) is 9.84. The number of imidazole rings is 1. The molecule has 0 aliphatic carbocycles. The van der Waals surface area contributed by atoms with Crippen LogP contribution in [0.15, 0.2) is 23.8 Å². The number of nitrogens with one attached hydrogen (secondary N) is 1. The Kier molecular flexibility index (Phi) is 3.18. The first kappa shape index (κ1) is 10.4. The summed E-state index contributed by atoms with van der Waals surface area (Å²) in [5.74, 6) is 1.07. The highest BCUT2D eigenvalue weighted by Gasteiger charge is 2.01. The molecular formula is C11H15N3S. The second-order valence-electron chi connectivity index (χ2n) is 3.58. The van der Waals surface area contributed by atoms with E-state index in [-0.39, 0.29) is 0 Å². The fourth-order valence-electron chi connectivity index (χ4n) is 1.44. The van der Waals surface area contributed by atoms with Crippen LogP contribution >= 0.6 is 11.3 Å². The second kappa shape index (κ2) is 4.59. The van der Waals surface area contributed by atoms with Gasteiger partial charge in [-0.2, -0.15) is 0 Å². The van der Waals surface area contributed by atoms with Gasteiger partial charge in [-0.1, -0.05) is 0 Å². The van der Waals surface area contributed by atoms with Crippen LogP contribution in [0.25, 0.3) is 0 Å². The molecule has 2 heterocycles. The van der Waals surface area contributed by atoms with Gasteiger partial charge in [0.05, 0.1) is 6.54 Å². The minimum Gasteiger partial charge on any atom is -0.337 e. The van der Waals surface area contributed by atoms with Crippen LogP contribution in [0, 0.1) is 6.92 Å². The van der Waals surface area contributed by atoms with E-state index in [1.165, 1.54) is 10.4 Å². The predicted octanol–water partition coefficient (Wildman–Crippen LogP) is 2.08. The first-order valence-electron chi connectivity index (χ1n) is 4.97. The average Bonchev–Trinajstić information content (AvgIpc) is 2.78. The Labute approximate surface area is 93.8 Å². The molecule has 3 nitrogen and oxygen atoms in total. The minimum absolute atomic E-state index is 0.820. The number of nitrogens with zero attached hydrogens (tertiary/aromatic N) is 2. The van der Waals surface area contributed by atoms with Crippen molar-refractivity contribution in [2.75, 3.05) is 0 Å². The van der Waals surface area contributed by atoms with Gasteiger partial charge in [0.2, 0.25) is 0 Å². The molecule has 0 fully saturated rings. The van der Waals surface area contributed by atoms with Crippen molar-refractivity contribution in [3.05, 3.63) is 40.1 Å². The van der Waals surface area contributed by atoms with Gasteiger partial charge in [0.15, 0.2) is 0 Å². The third-order valence-electron chi connectivity index (χ3n) is 2.46. The predicted molar refractivity (Wildman–Crippen MR) is 62.8 cm³/mol. The molecule has 0 aliphatic rings. The summed E-state index contributed by atoms with van der Waals surface area (Å²) < 4.78 is 2.04. The van der Waals surface area contributed by atoms with Crippen molar-refractivity contribution in [1.29, 1.82) is 0 Å². The van der Waals surface area contributed by atoms with Crippen LogP contribution in [0.3, 0.4) is 0 Å². The van der Waals surface area contributed by atoms with E-state index in [4.69, 9.17) is 0 Å². The highest BCUT2D eigenvalue weighted by atomic mass is 32.1. The van der Waals surface area contributed by atoms with Gasteiger partial charge in [0.25, 0.3) is 0 Å². The smallest absolute Gasteiger partial charge is 0.122 e. The maximum atomic E-state index is 4.26. The third kappa shape index (κ3) is 2.46. The van der Waals surface area contributed by atoms with E-state index in [2.05, 4.69) is 28.7 Å². The highest BCUT2D eigenvalue weighted by Crippen LogP contribution is 2.14. The average molecular weight is 221 g/mol. The molecule has 0 bridgehead atoms. The molecule has 2 aromatic heterocycles. The van der Waals surface area contributed by atoms with Crippen molar-refractivity contribution in [2.24, 2.45) is 7.05 Å². The summed E-state index contributed by atoms with van der Waals surface area (Å²) >= 11 is 1.80. The fourth-order valence-corrected chi connectivity index (χ4v) is 2.32. The Morgan fingerprint density at radius 3 is 2.93 bits per heavy atom. The number of thiophene rings is 1. The monoisotopic (exact) mass is 221 g/mol. The molecule has 0 aromatic carbocycles. The Morgan fingerprint density at radius 2 is 2.33 bits per heavy atom. The number of aryl methyl sites for hydroxylation is 2. The quantitative estimate of drug-likeness (QED) is 0.856. The van der Waals surface area contributed by atoms with Gasteiger partial charge < -0.3 is 9.88 Å². The van der Waals surface area contributed by atoms with Gasteiger partial charge >= 0.3 is 0 Å². The molecular weight excluding hydrogens is 206 g/mol. The van der Waals surface area contributed by atoms with Gasteiger partial charge in [-0.05, 0) is 23.9 Å². The van der Waals surface area contributed by atoms with Gasteiger partial charge in [-0.25, -0.2) is 4.98 Å². The van der Waals surface area contributed by atoms with Crippen LogP contribution in [0.5, 0.6) is 0 Å². The maximum Gasteiger partial charge on any atom is 0.122 e. The van der Waals surface area contributed by atoms with Gasteiger partial charge in [0, 0.05) is 30.9 Å². The lowest BCUT2D eigenvalue weighted by molar-refractivity contribution is 0.642. The van der Waals surface area contributed by atoms with Crippen molar-refractivity contribution in [3.63, 3.8) is 0 Å². The Hall–Kier alpha value is -1.13. The van der Waals surface area contributed by atoms with Crippen LogP contribution in [0.2, 0.25) is 0 Å². The van der Waals surface area contributed by atoms with Gasteiger partial charge in [-0.3, -0.25) is 0 Å².